The number of nitrogens with one attached hydrogen (secondary N) is 1. The van der Waals surface area contributed by atoms with Crippen LogP contribution in [0.4, 0.5) is 11.4 Å². The SMILES string of the molecule is CCN(CC(N)=O)c1ccc(C(=O)NC)cc1N. The lowest BCUT2D eigenvalue weighted by molar-refractivity contribution is -0.116. The summed E-state index contributed by atoms with van der Waals surface area (Å²) in [5.74, 6) is -0.627. The molecule has 0 fully saturated rings. The van der Waals surface area contributed by atoms with E-state index in [2.05, 4.69) is 5.32 Å². The van der Waals surface area contributed by atoms with Crippen molar-refractivity contribution in [3.05, 3.63) is 23.8 Å². The molecule has 0 unspecified atom stereocenters. The summed E-state index contributed by atoms with van der Waals surface area (Å²) < 4.78 is 0. The second kappa shape index (κ2) is 5.90. The van der Waals surface area contributed by atoms with Gasteiger partial charge in [-0.25, -0.2) is 0 Å². The quantitative estimate of drug-likeness (QED) is 0.637. The Morgan fingerprint density at radius 1 is 1.39 bits per heavy atom. The predicted octanol–water partition coefficient (Wildman–Crippen LogP) is -0.0600. The monoisotopic (exact) mass is 250 g/mol. The van der Waals surface area contributed by atoms with Crippen molar-refractivity contribution in [1.29, 1.82) is 0 Å². The van der Waals surface area contributed by atoms with Crippen LogP contribution < -0.4 is 21.7 Å². The molecule has 0 aliphatic carbocycles. The molecule has 1 aromatic rings. The van der Waals surface area contributed by atoms with Gasteiger partial charge in [-0.3, -0.25) is 9.59 Å². The molecule has 0 aromatic heterocycles. The third kappa shape index (κ3) is 3.13. The Bertz CT molecular complexity index is 459. The number of amides is 2. The molecule has 0 saturated heterocycles. The molecule has 0 aliphatic heterocycles. The van der Waals surface area contributed by atoms with Crippen LogP contribution in [0.1, 0.15) is 17.3 Å². The molecule has 0 saturated carbocycles. The van der Waals surface area contributed by atoms with Crippen LogP contribution >= 0.6 is 0 Å². The summed E-state index contributed by atoms with van der Waals surface area (Å²) in [7, 11) is 1.55. The van der Waals surface area contributed by atoms with Crippen LogP contribution in [0, 0.1) is 0 Å². The number of carbonyl (C=O) groups is 2. The third-order valence-electron chi connectivity index (χ3n) is 2.59. The minimum atomic E-state index is -0.424. The first-order valence-electron chi connectivity index (χ1n) is 5.64. The van der Waals surface area contributed by atoms with Gasteiger partial charge in [0, 0.05) is 19.2 Å². The van der Waals surface area contributed by atoms with Crippen molar-refractivity contribution in [2.45, 2.75) is 6.92 Å². The van der Waals surface area contributed by atoms with Gasteiger partial charge in [-0.15, -0.1) is 0 Å². The van der Waals surface area contributed by atoms with Crippen LogP contribution in [-0.2, 0) is 4.79 Å². The van der Waals surface area contributed by atoms with E-state index in [1.807, 2.05) is 6.92 Å². The Morgan fingerprint density at radius 2 is 2.06 bits per heavy atom. The minimum Gasteiger partial charge on any atom is -0.397 e. The zero-order chi connectivity index (χ0) is 13.7. The molecule has 0 aliphatic rings. The highest BCUT2D eigenvalue weighted by molar-refractivity contribution is 5.96. The van der Waals surface area contributed by atoms with Crippen LogP contribution in [0.15, 0.2) is 18.2 Å². The van der Waals surface area contributed by atoms with Gasteiger partial charge in [-0.1, -0.05) is 0 Å². The first-order valence-corrected chi connectivity index (χ1v) is 5.64. The average Bonchev–Trinajstić information content (AvgIpc) is 2.35. The Balaban J connectivity index is 3.03. The number of likely N-dealkylation sites (N-methyl/N-ethyl adjacent to an activating group) is 1. The second-order valence-corrected chi connectivity index (χ2v) is 3.83. The van der Waals surface area contributed by atoms with E-state index < -0.39 is 5.91 Å². The molecule has 0 radical (unpaired) electrons. The number of nitrogens with two attached hydrogens (primary N) is 2. The van der Waals surface area contributed by atoms with Crippen LogP contribution in [0.2, 0.25) is 0 Å². The minimum absolute atomic E-state index is 0.0972. The van der Waals surface area contributed by atoms with Crippen molar-refractivity contribution in [2.24, 2.45) is 5.73 Å². The van der Waals surface area contributed by atoms with Crippen LogP contribution in [0.25, 0.3) is 0 Å². The first-order chi connectivity index (χ1) is 8.49. The zero-order valence-corrected chi connectivity index (χ0v) is 10.6. The summed E-state index contributed by atoms with van der Waals surface area (Å²) >= 11 is 0. The van der Waals surface area contributed by atoms with Crippen LogP contribution in [0.5, 0.6) is 0 Å². The summed E-state index contributed by atoms with van der Waals surface area (Å²) in [6, 6.07) is 4.96. The lowest BCUT2D eigenvalue weighted by Gasteiger charge is -2.23. The number of primary amides is 1. The van der Waals surface area contributed by atoms with E-state index in [4.69, 9.17) is 11.5 Å². The average molecular weight is 250 g/mol. The van der Waals surface area contributed by atoms with Crippen molar-refractivity contribution >= 4 is 23.2 Å². The van der Waals surface area contributed by atoms with E-state index in [9.17, 15) is 9.59 Å². The fraction of sp³-hybridized carbons (Fsp3) is 0.333. The first kappa shape index (κ1) is 13.8. The number of carbonyl (C=O) groups excluding carboxylic acids is 2. The summed E-state index contributed by atoms with van der Waals surface area (Å²) in [5, 5.41) is 2.52. The van der Waals surface area contributed by atoms with Crippen molar-refractivity contribution in [1.82, 2.24) is 5.32 Å². The van der Waals surface area contributed by atoms with Gasteiger partial charge in [0.15, 0.2) is 0 Å². The molecule has 5 N–H and O–H groups in total. The second-order valence-electron chi connectivity index (χ2n) is 3.83. The fourth-order valence-electron chi connectivity index (χ4n) is 1.68. The number of nitrogen functional groups attached to an aromatic ring is 1. The smallest absolute Gasteiger partial charge is 0.251 e. The number of rotatable bonds is 5. The fourth-order valence-corrected chi connectivity index (χ4v) is 1.68. The molecule has 0 bridgehead atoms. The number of hydrogen-bond acceptors (Lipinski definition) is 4. The van der Waals surface area contributed by atoms with Gasteiger partial charge in [0.1, 0.15) is 0 Å². The topological polar surface area (TPSA) is 101 Å². The van der Waals surface area contributed by atoms with Gasteiger partial charge >= 0.3 is 0 Å². The highest BCUT2D eigenvalue weighted by atomic mass is 16.2. The molecule has 1 rings (SSSR count). The molecule has 0 atom stereocenters. The highest BCUT2D eigenvalue weighted by Crippen LogP contribution is 2.24. The summed E-state index contributed by atoms with van der Waals surface area (Å²) in [6.45, 7) is 2.60. The van der Waals surface area contributed by atoms with Gasteiger partial charge < -0.3 is 21.7 Å². The third-order valence-corrected chi connectivity index (χ3v) is 2.59. The lowest BCUT2D eigenvalue weighted by atomic mass is 10.1. The van der Waals surface area contributed by atoms with E-state index in [1.54, 1.807) is 30.1 Å². The van der Waals surface area contributed by atoms with E-state index in [0.29, 0.717) is 23.5 Å². The maximum absolute atomic E-state index is 11.4. The summed E-state index contributed by atoms with van der Waals surface area (Å²) in [6.07, 6.45) is 0. The molecule has 6 nitrogen and oxygen atoms in total. The number of hydrogen-bond donors (Lipinski definition) is 3. The number of anilines is 2. The zero-order valence-electron chi connectivity index (χ0n) is 10.6. The van der Waals surface area contributed by atoms with Gasteiger partial charge in [0.2, 0.25) is 5.91 Å². The number of nitrogens with zero attached hydrogens (tertiary/aromatic N) is 1. The van der Waals surface area contributed by atoms with Crippen molar-refractivity contribution < 1.29 is 9.59 Å². The van der Waals surface area contributed by atoms with Crippen molar-refractivity contribution in [3.63, 3.8) is 0 Å². The van der Waals surface area contributed by atoms with Gasteiger partial charge in [0.05, 0.1) is 17.9 Å². The molecule has 0 heterocycles. The molecular formula is C12H18N4O2. The van der Waals surface area contributed by atoms with Crippen LogP contribution in [0.3, 0.4) is 0 Å². The highest BCUT2D eigenvalue weighted by Gasteiger charge is 2.12. The molecule has 2 amide bonds. The molecule has 6 heteroatoms. The standard InChI is InChI=1S/C12H18N4O2/c1-3-16(7-11(14)17)10-5-4-8(6-9(10)13)12(18)15-2/h4-6H,3,7,13H2,1-2H3,(H2,14,17)(H,15,18). The maximum Gasteiger partial charge on any atom is 0.251 e. The van der Waals surface area contributed by atoms with Gasteiger partial charge in [-0.2, -0.15) is 0 Å². The largest absolute Gasteiger partial charge is 0.397 e. The Hall–Kier alpha value is -2.24. The Labute approximate surface area is 106 Å². The van der Waals surface area contributed by atoms with E-state index in [1.165, 1.54) is 0 Å². The normalized spacial score (nSPS) is 9.89. The Morgan fingerprint density at radius 3 is 2.50 bits per heavy atom. The molecule has 98 valence electrons. The lowest BCUT2D eigenvalue weighted by Crippen LogP contribution is -2.34. The van der Waals surface area contributed by atoms with Crippen molar-refractivity contribution in [3.8, 4) is 0 Å². The molecular weight excluding hydrogens is 232 g/mol. The Kier molecular flexibility index (Phi) is 4.53. The predicted molar refractivity (Wildman–Crippen MR) is 71.3 cm³/mol. The van der Waals surface area contributed by atoms with Crippen molar-refractivity contribution in [2.75, 3.05) is 30.8 Å². The maximum atomic E-state index is 11.4. The van der Waals surface area contributed by atoms with E-state index in [0.717, 1.165) is 0 Å². The van der Waals surface area contributed by atoms with E-state index in [-0.39, 0.29) is 12.5 Å². The van der Waals surface area contributed by atoms with Gasteiger partial charge in [-0.05, 0) is 25.1 Å². The number of benzene rings is 1. The van der Waals surface area contributed by atoms with Crippen LogP contribution in [-0.4, -0.2) is 32.0 Å². The summed E-state index contributed by atoms with van der Waals surface area (Å²) in [5.41, 5.74) is 12.7. The molecule has 18 heavy (non-hydrogen) atoms. The van der Waals surface area contributed by atoms with Gasteiger partial charge in [0.25, 0.3) is 5.91 Å². The summed E-state index contributed by atoms with van der Waals surface area (Å²) in [4.78, 5) is 24.1. The molecule has 0 spiro atoms. The van der Waals surface area contributed by atoms with E-state index >= 15 is 0 Å². The molecule has 1 aromatic carbocycles.